The van der Waals surface area contributed by atoms with Crippen LogP contribution in [0.4, 0.5) is 0 Å². The first kappa shape index (κ1) is 5.51. The molecule has 0 aromatic carbocycles. The molecule has 1 heterocycles. The number of rotatable bonds is 0. The van der Waals surface area contributed by atoms with E-state index in [0.29, 0.717) is 5.82 Å². The minimum Gasteiger partial charge on any atom is -0.384 e. The monoisotopic (exact) mass is 122 g/mol. The number of nitriles is 1. The van der Waals surface area contributed by atoms with Crippen molar-refractivity contribution in [2.75, 3.05) is 0 Å². The van der Waals surface area contributed by atoms with Crippen molar-refractivity contribution in [3.63, 3.8) is 0 Å². The molecule has 46 valence electrons. The third-order valence-electron chi connectivity index (χ3n) is 0.879. The molecule has 1 aliphatic heterocycles. The van der Waals surface area contributed by atoms with Gasteiger partial charge in [0, 0.05) is 12.4 Å². The lowest BCUT2D eigenvalue weighted by atomic mass is 10.6. The number of nitrogens with two attached hydrogens (primary N) is 1. The first-order valence-electron chi connectivity index (χ1n) is 2.41. The van der Waals surface area contributed by atoms with Gasteiger partial charge in [-0.15, -0.1) is 0 Å². The van der Waals surface area contributed by atoms with Crippen LogP contribution >= 0.6 is 0 Å². The number of hydrogen-bond donors (Lipinski definition) is 2. The predicted molar refractivity (Wildman–Crippen MR) is 32.0 cm³/mol. The molecule has 0 aliphatic carbocycles. The quantitative estimate of drug-likeness (QED) is 0.429. The van der Waals surface area contributed by atoms with E-state index in [0.717, 1.165) is 0 Å². The Balaban J connectivity index is 2.69. The second-order valence-corrected chi connectivity index (χ2v) is 1.55. The molecule has 0 aromatic rings. The number of hydrogen-bond acceptors (Lipinski definition) is 4. The molecule has 0 atom stereocenters. The summed E-state index contributed by atoms with van der Waals surface area (Å²) in [5, 5.41) is 11.0. The van der Waals surface area contributed by atoms with E-state index in [-0.39, 0.29) is 0 Å². The zero-order chi connectivity index (χ0) is 6.69. The Hall–Kier alpha value is -1.63. The molecule has 0 spiro atoms. The van der Waals surface area contributed by atoms with E-state index in [9.17, 15) is 0 Å². The van der Waals surface area contributed by atoms with Gasteiger partial charge >= 0.3 is 0 Å². The highest BCUT2D eigenvalue weighted by atomic mass is 15.1. The molecule has 0 saturated carbocycles. The van der Waals surface area contributed by atoms with Crippen LogP contribution in [0.25, 0.3) is 0 Å². The van der Waals surface area contributed by atoms with Crippen LogP contribution in [-0.4, -0.2) is 4.90 Å². The smallest absolute Gasteiger partial charge is 0.188 e. The Bertz CT molecular complexity index is 197. The molecular weight excluding hydrogens is 116 g/mol. The van der Waals surface area contributed by atoms with E-state index in [2.05, 4.69) is 5.32 Å². The van der Waals surface area contributed by atoms with Crippen molar-refractivity contribution >= 4 is 0 Å². The lowest BCUT2D eigenvalue weighted by Gasteiger charge is -2.10. The van der Waals surface area contributed by atoms with Gasteiger partial charge in [0.25, 0.3) is 0 Å². The predicted octanol–water partition coefficient (Wildman–Crippen LogP) is -0.399. The van der Waals surface area contributed by atoms with E-state index in [1.54, 1.807) is 12.4 Å². The summed E-state index contributed by atoms with van der Waals surface area (Å²) < 4.78 is 0. The largest absolute Gasteiger partial charge is 0.384 e. The fourth-order valence-electron chi connectivity index (χ4n) is 0.506. The zero-order valence-electron chi connectivity index (χ0n) is 4.70. The summed E-state index contributed by atoms with van der Waals surface area (Å²) in [6, 6.07) is 0. The second-order valence-electron chi connectivity index (χ2n) is 1.55. The first-order chi connectivity index (χ1) is 4.33. The second kappa shape index (κ2) is 2.09. The van der Waals surface area contributed by atoms with Gasteiger partial charge in [0.2, 0.25) is 0 Å². The molecule has 3 N–H and O–H groups in total. The lowest BCUT2D eigenvalue weighted by Crippen LogP contribution is -2.21. The van der Waals surface area contributed by atoms with E-state index in [4.69, 9.17) is 11.0 Å². The molecule has 1 rings (SSSR count). The van der Waals surface area contributed by atoms with Gasteiger partial charge in [0.15, 0.2) is 6.19 Å². The maximum Gasteiger partial charge on any atom is 0.188 e. The summed E-state index contributed by atoms with van der Waals surface area (Å²) in [6.45, 7) is 0. The van der Waals surface area contributed by atoms with Crippen LogP contribution in [0.3, 0.4) is 0 Å². The first-order valence-corrected chi connectivity index (χ1v) is 2.41. The number of nitrogens with zero attached hydrogens (tertiary/aromatic N) is 2. The topological polar surface area (TPSA) is 65.1 Å². The van der Waals surface area contributed by atoms with Gasteiger partial charge in [0.05, 0.1) is 6.20 Å². The normalized spacial score (nSPS) is 15.9. The molecule has 4 nitrogen and oxygen atoms in total. The van der Waals surface area contributed by atoms with Crippen LogP contribution < -0.4 is 11.1 Å². The molecule has 9 heavy (non-hydrogen) atoms. The highest BCUT2D eigenvalue weighted by Gasteiger charge is 1.96. The molecule has 1 aliphatic rings. The molecule has 0 unspecified atom stereocenters. The summed E-state index contributed by atoms with van der Waals surface area (Å²) in [5.41, 5.74) is 5.31. The molecule has 4 heteroatoms. The van der Waals surface area contributed by atoms with Crippen molar-refractivity contribution in [3.05, 3.63) is 24.4 Å². The van der Waals surface area contributed by atoms with Crippen LogP contribution in [0.5, 0.6) is 0 Å². The van der Waals surface area contributed by atoms with Crippen molar-refractivity contribution in [3.8, 4) is 6.19 Å². The molecule has 0 fully saturated rings. The molecule has 0 radical (unpaired) electrons. The third-order valence-corrected chi connectivity index (χ3v) is 0.879. The Morgan fingerprint density at radius 1 is 1.78 bits per heavy atom. The standard InChI is InChI=1S/C5H6N4/c6-4-9-2-1-8-5(7)3-9/h1-3,8H,7H2. The molecule has 0 bridgehead atoms. The van der Waals surface area contributed by atoms with E-state index in [1.165, 1.54) is 11.1 Å². The minimum atomic E-state index is 0.471. The Kier molecular flexibility index (Phi) is 1.28. The molecular formula is C5H6N4. The Morgan fingerprint density at radius 2 is 2.56 bits per heavy atom. The van der Waals surface area contributed by atoms with Crippen LogP contribution in [-0.2, 0) is 0 Å². The lowest BCUT2D eigenvalue weighted by molar-refractivity contribution is 0.668. The SMILES string of the molecule is N#CN1C=CNC(N)=C1. The van der Waals surface area contributed by atoms with Crippen LogP contribution in [0.15, 0.2) is 24.4 Å². The maximum absolute atomic E-state index is 8.31. The fourth-order valence-corrected chi connectivity index (χ4v) is 0.506. The summed E-state index contributed by atoms with van der Waals surface area (Å²) in [7, 11) is 0. The van der Waals surface area contributed by atoms with Crippen molar-refractivity contribution in [1.29, 1.82) is 5.26 Å². The van der Waals surface area contributed by atoms with Crippen LogP contribution in [0.2, 0.25) is 0 Å². The van der Waals surface area contributed by atoms with Gasteiger partial charge in [-0.2, -0.15) is 5.26 Å². The molecule has 0 saturated heterocycles. The van der Waals surface area contributed by atoms with Crippen LogP contribution in [0, 0.1) is 11.5 Å². The fraction of sp³-hybridized carbons (Fsp3) is 0. The number of nitrogens with one attached hydrogen (secondary N) is 1. The van der Waals surface area contributed by atoms with Gasteiger partial charge in [-0.3, -0.25) is 4.90 Å². The average Bonchev–Trinajstić information content (AvgIpc) is 1.88. The molecule has 0 aromatic heterocycles. The van der Waals surface area contributed by atoms with Gasteiger partial charge in [-0.1, -0.05) is 0 Å². The van der Waals surface area contributed by atoms with Gasteiger partial charge < -0.3 is 11.1 Å². The maximum atomic E-state index is 8.31. The summed E-state index contributed by atoms with van der Waals surface area (Å²) in [5.74, 6) is 0.471. The zero-order valence-corrected chi connectivity index (χ0v) is 4.70. The summed E-state index contributed by atoms with van der Waals surface area (Å²) in [4.78, 5) is 1.31. The Labute approximate surface area is 52.9 Å². The van der Waals surface area contributed by atoms with Gasteiger partial charge in [-0.05, 0) is 0 Å². The minimum absolute atomic E-state index is 0.471. The highest BCUT2D eigenvalue weighted by Crippen LogP contribution is 1.94. The van der Waals surface area contributed by atoms with Gasteiger partial charge in [-0.25, -0.2) is 0 Å². The Morgan fingerprint density at radius 3 is 3.00 bits per heavy atom. The van der Waals surface area contributed by atoms with E-state index >= 15 is 0 Å². The van der Waals surface area contributed by atoms with Gasteiger partial charge in [0.1, 0.15) is 5.82 Å². The van der Waals surface area contributed by atoms with Crippen LogP contribution in [0.1, 0.15) is 0 Å². The van der Waals surface area contributed by atoms with Crippen molar-refractivity contribution < 1.29 is 0 Å². The van der Waals surface area contributed by atoms with E-state index in [1.807, 2.05) is 6.19 Å². The van der Waals surface area contributed by atoms with Crippen molar-refractivity contribution in [1.82, 2.24) is 10.2 Å². The molecule has 0 amide bonds. The van der Waals surface area contributed by atoms with Crippen molar-refractivity contribution in [2.45, 2.75) is 0 Å². The summed E-state index contributed by atoms with van der Waals surface area (Å²) in [6.07, 6.45) is 6.56. The van der Waals surface area contributed by atoms with Crippen molar-refractivity contribution in [2.24, 2.45) is 5.73 Å². The average molecular weight is 122 g/mol. The summed E-state index contributed by atoms with van der Waals surface area (Å²) >= 11 is 0. The van der Waals surface area contributed by atoms with E-state index < -0.39 is 0 Å². The highest BCUT2D eigenvalue weighted by molar-refractivity contribution is 5.10. The third kappa shape index (κ3) is 1.13.